The van der Waals surface area contributed by atoms with Crippen molar-refractivity contribution in [2.45, 2.75) is 18.6 Å². The number of carboxylic acid groups (broad SMARTS) is 1. The number of nitrogens with two attached hydrogens (primary N) is 1. The number of carbonyl (C=O) groups is 1. The van der Waals surface area contributed by atoms with E-state index in [-0.39, 0.29) is 5.95 Å². The van der Waals surface area contributed by atoms with E-state index in [2.05, 4.69) is 20.2 Å². The Balaban J connectivity index is 0.000000289. The van der Waals surface area contributed by atoms with E-state index in [1.165, 1.54) is 6.42 Å². The van der Waals surface area contributed by atoms with Crippen molar-refractivity contribution in [3.8, 4) is 5.75 Å². The Hall–Kier alpha value is -3.28. The first-order chi connectivity index (χ1) is 14.7. The minimum atomic E-state index is -5.08. The molecule has 0 amide bonds. The Kier molecular flexibility index (Phi) is 5.25. The lowest BCUT2D eigenvalue weighted by atomic mass is 10.1. The zero-order valence-corrected chi connectivity index (χ0v) is 16.4. The highest BCUT2D eigenvalue weighted by atomic mass is 19.4. The number of methoxy groups -OCH3 is 1. The SMILES string of the molecule is COc1ccc2oc3c(N4C[C@H]5CCN[C@H]5C4)nc(N)nc3c2c1.O=C(O)C(F)(F)F. The molecule has 3 aromatic rings. The van der Waals surface area contributed by atoms with E-state index in [4.69, 9.17) is 24.8 Å². The predicted octanol–water partition coefficient (Wildman–Crippen LogP) is 2.40. The largest absolute Gasteiger partial charge is 0.497 e. The maximum atomic E-state index is 10.6. The van der Waals surface area contributed by atoms with Gasteiger partial charge in [-0.15, -0.1) is 0 Å². The summed E-state index contributed by atoms with van der Waals surface area (Å²) in [6, 6.07) is 6.24. The first kappa shape index (κ1) is 21.0. The molecule has 0 spiro atoms. The zero-order chi connectivity index (χ0) is 22.3. The van der Waals surface area contributed by atoms with Gasteiger partial charge in [0.05, 0.1) is 12.5 Å². The van der Waals surface area contributed by atoms with Crippen LogP contribution in [0.4, 0.5) is 24.9 Å². The number of carboxylic acids is 1. The van der Waals surface area contributed by atoms with E-state index in [0.29, 0.717) is 17.5 Å². The number of ether oxygens (including phenoxy) is 1. The molecule has 1 aromatic carbocycles. The number of furan rings is 1. The van der Waals surface area contributed by atoms with Crippen LogP contribution in [0.25, 0.3) is 22.1 Å². The highest BCUT2D eigenvalue weighted by Crippen LogP contribution is 2.37. The van der Waals surface area contributed by atoms with Crippen LogP contribution in [0.2, 0.25) is 0 Å². The molecule has 2 fully saturated rings. The zero-order valence-electron chi connectivity index (χ0n) is 16.4. The lowest BCUT2D eigenvalue weighted by molar-refractivity contribution is -0.192. The quantitative estimate of drug-likeness (QED) is 0.552. The number of fused-ring (bicyclic) bond motifs is 4. The van der Waals surface area contributed by atoms with Crippen molar-refractivity contribution in [3.63, 3.8) is 0 Å². The van der Waals surface area contributed by atoms with Gasteiger partial charge in [-0.1, -0.05) is 0 Å². The molecular formula is C19H20F3N5O4. The number of nitrogen functional groups attached to an aromatic ring is 1. The number of aliphatic carboxylic acids is 1. The minimum Gasteiger partial charge on any atom is -0.497 e. The van der Waals surface area contributed by atoms with Crippen LogP contribution in [0.15, 0.2) is 22.6 Å². The second kappa shape index (κ2) is 7.76. The van der Waals surface area contributed by atoms with Crippen molar-refractivity contribution >= 4 is 39.8 Å². The smallest absolute Gasteiger partial charge is 0.490 e. The van der Waals surface area contributed by atoms with Crippen LogP contribution in [0.1, 0.15) is 6.42 Å². The predicted molar refractivity (Wildman–Crippen MR) is 106 cm³/mol. The van der Waals surface area contributed by atoms with Gasteiger partial charge in [-0.3, -0.25) is 0 Å². The first-order valence-electron chi connectivity index (χ1n) is 9.49. The van der Waals surface area contributed by atoms with E-state index in [0.717, 1.165) is 47.7 Å². The van der Waals surface area contributed by atoms with Crippen LogP contribution in [0.5, 0.6) is 5.75 Å². The average molecular weight is 439 g/mol. The second-order valence-electron chi connectivity index (χ2n) is 7.36. The number of hydrogen-bond acceptors (Lipinski definition) is 8. The van der Waals surface area contributed by atoms with Crippen LogP contribution in [0.3, 0.4) is 0 Å². The summed E-state index contributed by atoms with van der Waals surface area (Å²) in [4.78, 5) is 20.1. The van der Waals surface area contributed by atoms with Gasteiger partial charge in [-0.2, -0.15) is 18.2 Å². The third-order valence-electron chi connectivity index (χ3n) is 5.42. The molecule has 0 aliphatic carbocycles. The molecule has 2 aliphatic rings. The van der Waals surface area contributed by atoms with Crippen molar-refractivity contribution in [2.24, 2.45) is 5.92 Å². The maximum Gasteiger partial charge on any atom is 0.490 e. The van der Waals surface area contributed by atoms with Crippen LogP contribution in [-0.4, -0.2) is 60.0 Å². The minimum absolute atomic E-state index is 0.271. The fraction of sp³-hybridized carbons (Fsp3) is 0.421. The van der Waals surface area contributed by atoms with Crippen LogP contribution < -0.4 is 20.7 Å². The fourth-order valence-corrected chi connectivity index (χ4v) is 3.99. The van der Waals surface area contributed by atoms with Gasteiger partial charge < -0.3 is 30.2 Å². The van der Waals surface area contributed by atoms with E-state index in [9.17, 15) is 13.2 Å². The lowest BCUT2D eigenvalue weighted by Crippen LogP contribution is -2.30. The number of anilines is 2. The average Bonchev–Trinajstić information content (AvgIpc) is 3.39. The van der Waals surface area contributed by atoms with Crippen LogP contribution in [-0.2, 0) is 4.79 Å². The van der Waals surface area contributed by atoms with E-state index < -0.39 is 12.1 Å². The van der Waals surface area contributed by atoms with E-state index in [1.54, 1.807) is 7.11 Å². The number of nitrogens with one attached hydrogen (secondary N) is 1. The molecule has 5 rings (SSSR count). The standard InChI is InChI=1S/C17H19N5O2.C2HF3O2/c1-23-10-2-3-13-11(6-10)14-15(24-13)16(21-17(18)20-14)22-7-9-4-5-19-12(9)8-22;3-2(4,5)1(6)7/h2-3,6,9,12,19H,4-5,7-8H2,1H3,(H2,18,20,21);(H,6,7)/t9-,12+;/m1./s1. The molecule has 9 nitrogen and oxygen atoms in total. The summed E-state index contributed by atoms with van der Waals surface area (Å²) < 4.78 is 43.1. The summed E-state index contributed by atoms with van der Waals surface area (Å²) >= 11 is 0. The summed E-state index contributed by atoms with van der Waals surface area (Å²) in [5, 5.41) is 11.6. The van der Waals surface area contributed by atoms with Gasteiger partial charge >= 0.3 is 12.1 Å². The van der Waals surface area contributed by atoms with Crippen molar-refractivity contribution in [1.82, 2.24) is 15.3 Å². The van der Waals surface area contributed by atoms with Gasteiger partial charge in [-0.05, 0) is 37.1 Å². The van der Waals surface area contributed by atoms with Crippen molar-refractivity contribution in [3.05, 3.63) is 18.2 Å². The molecule has 4 heterocycles. The van der Waals surface area contributed by atoms with Gasteiger partial charge in [0.15, 0.2) is 11.4 Å². The van der Waals surface area contributed by atoms with Gasteiger partial charge in [-0.25, -0.2) is 9.78 Å². The summed E-state index contributed by atoms with van der Waals surface area (Å²) in [5.74, 6) is -0.256. The molecule has 2 saturated heterocycles. The molecule has 2 aliphatic heterocycles. The number of hydrogen-bond donors (Lipinski definition) is 3. The maximum absolute atomic E-state index is 10.6. The first-order valence-corrected chi connectivity index (χ1v) is 9.49. The van der Waals surface area contributed by atoms with Crippen molar-refractivity contribution in [1.29, 1.82) is 0 Å². The summed E-state index contributed by atoms with van der Waals surface area (Å²) in [7, 11) is 1.65. The Morgan fingerprint density at radius 2 is 2.10 bits per heavy atom. The van der Waals surface area contributed by atoms with Crippen LogP contribution in [0, 0.1) is 5.92 Å². The molecule has 0 radical (unpaired) electrons. The van der Waals surface area contributed by atoms with Gasteiger partial charge in [0.1, 0.15) is 16.8 Å². The third-order valence-corrected chi connectivity index (χ3v) is 5.42. The summed E-state index contributed by atoms with van der Waals surface area (Å²) in [6.07, 6.45) is -3.87. The summed E-state index contributed by atoms with van der Waals surface area (Å²) in [5.41, 5.74) is 8.21. The Bertz CT molecular complexity index is 1120. The molecule has 2 aromatic heterocycles. The normalized spacial score (nSPS) is 20.6. The van der Waals surface area contributed by atoms with Gasteiger partial charge in [0.2, 0.25) is 5.95 Å². The van der Waals surface area contributed by atoms with E-state index >= 15 is 0 Å². The Morgan fingerprint density at radius 1 is 1.35 bits per heavy atom. The molecular weight excluding hydrogens is 419 g/mol. The lowest BCUT2D eigenvalue weighted by Gasteiger charge is -2.18. The number of aromatic nitrogens is 2. The number of rotatable bonds is 2. The van der Waals surface area contributed by atoms with Crippen molar-refractivity contribution < 1.29 is 32.2 Å². The number of nitrogens with zero attached hydrogens (tertiary/aromatic N) is 3. The van der Waals surface area contributed by atoms with E-state index in [1.807, 2.05) is 18.2 Å². The monoisotopic (exact) mass is 439 g/mol. The molecule has 31 heavy (non-hydrogen) atoms. The molecule has 2 atom stereocenters. The molecule has 0 saturated carbocycles. The molecule has 0 unspecified atom stereocenters. The molecule has 0 bridgehead atoms. The number of alkyl halides is 3. The summed E-state index contributed by atoms with van der Waals surface area (Å²) in [6.45, 7) is 3.01. The second-order valence-corrected chi connectivity index (χ2v) is 7.36. The Morgan fingerprint density at radius 3 is 2.74 bits per heavy atom. The molecule has 12 heteroatoms. The highest BCUT2D eigenvalue weighted by Gasteiger charge is 2.38. The third kappa shape index (κ3) is 4.02. The van der Waals surface area contributed by atoms with Crippen molar-refractivity contribution in [2.75, 3.05) is 37.4 Å². The Labute approximate surface area is 174 Å². The molecule has 4 N–H and O–H groups in total. The van der Waals surface area contributed by atoms with Gasteiger partial charge in [0.25, 0.3) is 0 Å². The fourth-order valence-electron chi connectivity index (χ4n) is 3.99. The number of halogens is 3. The van der Waals surface area contributed by atoms with Gasteiger partial charge in [0, 0.05) is 19.1 Å². The number of benzene rings is 1. The van der Waals surface area contributed by atoms with Crippen LogP contribution >= 0.6 is 0 Å². The topological polar surface area (TPSA) is 127 Å². The highest BCUT2D eigenvalue weighted by molar-refractivity contribution is 6.06. The molecule has 166 valence electrons.